The van der Waals surface area contributed by atoms with E-state index < -0.39 is 0 Å². The van der Waals surface area contributed by atoms with Crippen LogP contribution in [-0.4, -0.2) is 6.29 Å². The molecule has 0 radical (unpaired) electrons. The van der Waals surface area contributed by atoms with Crippen molar-refractivity contribution >= 4 is 18.4 Å². The number of hydrogen-bond donors (Lipinski definition) is 0. The van der Waals surface area contributed by atoms with Crippen LogP contribution in [0.5, 0.6) is 0 Å². The van der Waals surface area contributed by atoms with E-state index in [0.29, 0.717) is 5.56 Å². The summed E-state index contributed by atoms with van der Waals surface area (Å²) in [6.45, 7) is 3.33. The number of unbranched alkanes of at least 4 members (excludes halogenated alkanes) is 3. The number of carbonyl (C=O) groups excluding carboxylic acids is 1. The monoisotopic (exact) mass is 294 g/mol. The fourth-order valence-corrected chi connectivity index (χ4v) is 2.33. The van der Waals surface area contributed by atoms with E-state index in [4.69, 9.17) is 0 Å². The van der Waals surface area contributed by atoms with Gasteiger partial charge in [0.1, 0.15) is 12.8 Å². The minimum absolute atomic E-state index is 0.709. The van der Waals surface area contributed by atoms with E-state index in [9.17, 15) is 4.79 Å². The van der Waals surface area contributed by atoms with Gasteiger partial charge in [0.25, 0.3) is 0 Å². The lowest BCUT2D eigenvalue weighted by molar-refractivity contribution is -0.697. The van der Waals surface area contributed by atoms with Crippen LogP contribution in [-0.2, 0) is 6.54 Å². The predicted octanol–water partition coefficient (Wildman–Crippen LogP) is 4.54. The molecule has 0 bridgehead atoms. The zero-order chi connectivity index (χ0) is 15.6. The lowest BCUT2D eigenvalue weighted by Crippen LogP contribution is -2.32. The van der Waals surface area contributed by atoms with Gasteiger partial charge < -0.3 is 0 Å². The number of carbonyl (C=O) groups is 1. The van der Waals surface area contributed by atoms with Crippen LogP contribution in [0.25, 0.3) is 12.2 Å². The largest absolute Gasteiger partial charge is 0.298 e. The second-order valence-electron chi connectivity index (χ2n) is 5.55. The highest BCUT2D eigenvalue weighted by Crippen LogP contribution is 2.08. The normalized spacial score (nSPS) is 11.0. The van der Waals surface area contributed by atoms with E-state index in [-0.39, 0.29) is 0 Å². The first kappa shape index (κ1) is 16.2. The quantitative estimate of drug-likeness (QED) is 0.398. The Balaban J connectivity index is 1.89. The Morgan fingerprint density at radius 2 is 1.41 bits per heavy atom. The van der Waals surface area contributed by atoms with Crippen LogP contribution in [0.2, 0.25) is 0 Å². The molecule has 0 amide bonds. The molecular formula is C20H24NO+. The molecule has 114 valence electrons. The predicted molar refractivity (Wildman–Crippen MR) is 91.5 cm³/mol. The molecule has 1 aromatic heterocycles. The van der Waals surface area contributed by atoms with Crippen LogP contribution in [0.3, 0.4) is 0 Å². The van der Waals surface area contributed by atoms with E-state index >= 15 is 0 Å². The number of benzene rings is 1. The lowest BCUT2D eigenvalue weighted by atomic mass is 10.1. The second kappa shape index (κ2) is 8.93. The number of aldehydes is 1. The average Bonchev–Trinajstić information content (AvgIpc) is 2.58. The number of pyridine rings is 1. The highest BCUT2D eigenvalue weighted by molar-refractivity contribution is 5.76. The van der Waals surface area contributed by atoms with Gasteiger partial charge in [-0.05, 0) is 17.5 Å². The molecule has 0 aliphatic heterocycles. The van der Waals surface area contributed by atoms with E-state index in [1.807, 2.05) is 24.3 Å². The molecule has 22 heavy (non-hydrogen) atoms. The van der Waals surface area contributed by atoms with Crippen LogP contribution in [0.15, 0.2) is 48.8 Å². The first-order chi connectivity index (χ1) is 10.8. The maximum Gasteiger partial charge on any atom is 0.169 e. The van der Waals surface area contributed by atoms with Gasteiger partial charge in [-0.2, -0.15) is 0 Å². The summed E-state index contributed by atoms with van der Waals surface area (Å²) < 4.78 is 2.24. The fraction of sp³-hybridized carbons (Fsp3) is 0.300. The van der Waals surface area contributed by atoms with Crippen molar-refractivity contribution in [2.75, 3.05) is 0 Å². The van der Waals surface area contributed by atoms with Gasteiger partial charge in [0.2, 0.25) is 0 Å². The second-order valence-corrected chi connectivity index (χ2v) is 5.55. The Labute approximate surface area is 133 Å². The number of hydrogen-bond acceptors (Lipinski definition) is 1. The summed E-state index contributed by atoms with van der Waals surface area (Å²) in [5.74, 6) is 0. The molecule has 0 spiro atoms. The average molecular weight is 294 g/mol. The molecule has 0 fully saturated rings. The van der Waals surface area contributed by atoms with Crippen LogP contribution >= 0.6 is 0 Å². The molecule has 0 N–H and O–H groups in total. The molecule has 1 heterocycles. The van der Waals surface area contributed by atoms with Gasteiger partial charge in [-0.1, -0.05) is 56.2 Å². The highest BCUT2D eigenvalue weighted by atomic mass is 16.1. The molecule has 0 aliphatic rings. The standard InChI is InChI=1S/C20H24NO/c1-2-3-4-5-14-21-15-12-19(13-16-21)7-6-18-8-10-20(17-22)11-9-18/h6-13,15-17H,2-5,14H2,1H3/q+1/b7-6+. The molecule has 2 nitrogen and oxygen atoms in total. The smallest absolute Gasteiger partial charge is 0.169 e. The van der Waals surface area contributed by atoms with Crippen molar-refractivity contribution < 1.29 is 9.36 Å². The molecule has 2 rings (SSSR count). The van der Waals surface area contributed by atoms with Crippen molar-refractivity contribution in [1.29, 1.82) is 0 Å². The number of aromatic nitrogens is 1. The SMILES string of the molecule is CCCCCC[n+]1ccc(/C=C/c2ccc(C=O)cc2)cc1. The van der Waals surface area contributed by atoms with Gasteiger partial charge in [-0.25, -0.2) is 4.57 Å². The number of rotatable bonds is 8. The van der Waals surface area contributed by atoms with Crippen LogP contribution in [0.4, 0.5) is 0 Å². The molecule has 1 aromatic carbocycles. The Kier molecular flexibility index (Phi) is 6.56. The maximum atomic E-state index is 10.6. The van der Waals surface area contributed by atoms with Crippen LogP contribution in [0, 0.1) is 0 Å². The van der Waals surface area contributed by atoms with Gasteiger partial charge >= 0.3 is 0 Å². The summed E-state index contributed by atoms with van der Waals surface area (Å²) in [5.41, 5.74) is 2.99. The molecule has 0 aliphatic carbocycles. The van der Waals surface area contributed by atoms with Gasteiger partial charge in [-0.3, -0.25) is 4.79 Å². The van der Waals surface area contributed by atoms with E-state index in [0.717, 1.165) is 18.4 Å². The number of aryl methyl sites for hydroxylation is 1. The van der Waals surface area contributed by atoms with E-state index in [1.54, 1.807) is 0 Å². The molecule has 2 aromatic rings. The van der Waals surface area contributed by atoms with Crippen molar-refractivity contribution in [3.8, 4) is 0 Å². The minimum atomic E-state index is 0.709. The van der Waals surface area contributed by atoms with Crippen molar-refractivity contribution in [2.45, 2.75) is 39.2 Å². The van der Waals surface area contributed by atoms with Gasteiger partial charge in [0.05, 0.1) is 0 Å². The molecule has 0 saturated carbocycles. The Bertz CT molecular complexity index is 597. The third kappa shape index (κ3) is 5.28. The summed E-state index contributed by atoms with van der Waals surface area (Å²) in [5, 5.41) is 0. The first-order valence-corrected chi connectivity index (χ1v) is 8.04. The summed E-state index contributed by atoms with van der Waals surface area (Å²) >= 11 is 0. The van der Waals surface area contributed by atoms with Gasteiger partial charge in [-0.15, -0.1) is 0 Å². The van der Waals surface area contributed by atoms with Crippen molar-refractivity contribution in [1.82, 2.24) is 0 Å². The van der Waals surface area contributed by atoms with E-state index in [1.165, 1.54) is 31.2 Å². The Morgan fingerprint density at radius 1 is 0.818 bits per heavy atom. The van der Waals surface area contributed by atoms with Crippen molar-refractivity contribution in [3.05, 3.63) is 65.5 Å². The summed E-state index contributed by atoms with van der Waals surface area (Å²) in [7, 11) is 0. The van der Waals surface area contributed by atoms with Crippen molar-refractivity contribution in [2.24, 2.45) is 0 Å². The van der Waals surface area contributed by atoms with E-state index in [2.05, 4.69) is 48.2 Å². The lowest BCUT2D eigenvalue weighted by Gasteiger charge is -1.98. The summed E-state index contributed by atoms with van der Waals surface area (Å²) in [6.07, 6.45) is 14.5. The van der Waals surface area contributed by atoms with Crippen LogP contribution < -0.4 is 4.57 Å². The van der Waals surface area contributed by atoms with Crippen LogP contribution in [0.1, 0.15) is 54.1 Å². The Morgan fingerprint density at radius 3 is 2.00 bits per heavy atom. The Hall–Kier alpha value is -2.22. The minimum Gasteiger partial charge on any atom is -0.298 e. The number of nitrogens with zero attached hydrogens (tertiary/aromatic N) is 1. The topological polar surface area (TPSA) is 20.9 Å². The maximum absolute atomic E-state index is 10.6. The fourth-order valence-electron chi connectivity index (χ4n) is 2.33. The summed E-state index contributed by atoms with van der Waals surface area (Å²) in [4.78, 5) is 10.6. The zero-order valence-electron chi connectivity index (χ0n) is 13.2. The highest BCUT2D eigenvalue weighted by Gasteiger charge is 1.99. The molecule has 0 unspecified atom stereocenters. The van der Waals surface area contributed by atoms with Crippen molar-refractivity contribution in [3.63, 3.8) is 0 Å². The summed E-state index contributed by atoms with van der Waals surface area (Å²) in [6, 6.07) is 11.9. The molecular weight excluding hydrogens is 270 g/mol. The molecule has 0 saturated heterocycles. The first-order valence-electron chi connectivity index (χ1n) is 8.04. The van der Waals surface area contributed by atoms with Gasteiger partial charge in [0.15, 0.2) is 12.4 Å². The zero-order valence-corrected chi connectivity index (χ0v) is 13.2. The third-order valence-electron chi connectivity index (χ3n) is 3.73. The van der Waals surface area contributed by atoms with Gasteiger partial charge in [0, 0.05) is 24.1 Å². The molecule has 0 atom stereocenters. The third-order valence-corrected chi connectivity index (χ3v) is 3.73. The molecule has 2 heteroatoms.